The zero-order chi connectivity index (χ0) is 20.8. The maximum atomic E-state index is 5.66. The fourth-order valence-electron chi connectivity index (χ4n) is 4.55. The molecule has 1 N–H and O–H groups in total. The van der Waals surface area contributed by atoms with Gasteiger partial charge in [0.2, 0.25) is 0 Å². The van der Waals surface area contributed by atoms with Gasteiger partial charge in [0, 0.05) is 23.9 Å². The van der Waals surface area contributed by atoms with Crippen LogP contribution in [0.5, 0.6) is 5.75 Å². The van der Waals surface area contributed by atoms with E-state index in [1.165, 1.54) is 18.4 Å². The molecule has 6 rings (SSSR count). The lowest BCUT2D eigenvalue weighted by Crippen LogP contribution is -2.45. The van der Waals surface area contributed by atoms with Crippen molar-refractivity contribution in [1.29, 1.82) is 0 Å². The first-order chi connectivity index (χ1) is 15.2. The Labute approximate surface area is 184 Å². The summed E-state index contributed by atoms with van der Waals surface area (Å²) in [7, 11) is 1.67. The number of hydrogen-bond acceptors (Lipinski definition) is 7. The van der Waals surface area contributed by atoms with Crippen molar-refractivity contribution in [1.82, 2.24) is 20.4 Å². The Morgan fingerprint density at radius 3 is 2.81 bits per heavy atom. The van der Waals surface area contributed by atoms with Crippen LogP contribution in [0.4, 0.5) is 0 Å². The topological polar surface area (TPSA) is 73.1 Å². The zero-order valence-electron chi connectivity index (χ0n) is 17.4. The molecule has 0 bridgehead atoms. The van der Waals surface area contributed by atoms with Crippen LogP contribution in [0.2, 0.25) is 0 Å². The van der Waals surface area contributed by atoms with Gasteiger partial charge in [0.1, 0.15) is 5.75 Å². The Morgan fingerprint density at radius 2 is 2.03 bits per heavy atom. The van der Waals surface area contributed by atoms with E-state index in [0.29, 0.717) is 17.9 Å². The maximum Gasteiger partial charge on any atom is 0.286 e. The fraction of sp³-hybridized carbons (Fsp3) is 0.375. The number of thiazole rings is 1. The average Bonchev–Trinajstić information content (AvgIpc) is 3.18. The van der Waals surface area contributed by atoms with Crippen LogP contribution in [-0.4, -0.2) is 34.8 Å². The Morgan fingerprint density at radius 1 is 1.16 bits per heavy atom. The Balaban J connectivity index is 1.18. The van der Waals surface area contributed by atoms with Crippen molar-refractivity contribution in [3.63, 3.8) is 0 Å². The molecule has 2 aliphatic carbocycles. The third-order valence-corrected chi connectivity index (χ3v) is 7.72. The predicted octanol–water partition coefficient (Wildman–Crippen LogP) is 4.92. The standard InChI is InChI=1S/C24H24N4O2S/c1-29-16-8-9-18-20(12-16)31-22(26-18)21-27-23(28-30-21)24(10-5-11-24)14-25-19-13-17(19)15-6-3-2-4-7-15/h2-4,6-9,12,17,19,25H,5,10-11,13-14H2,1H3. The monoisotopic (exact) mass is 432 g/mol. The normalized spacial score (nSPS) is 21.7. The molecule has 2 saturated carbocycles. The maximum absolute atomic E-state index is 5.66. The molecule has 2 unspecified atom stereocenters. The molecule has 0 radical (unpaired) electrons. The summed E-state index contributed by atoms with van der Waals surface area (Å²) in [6.07, 6.45) is 4.60. The third kappa shape index (κ3) is 3.42. The molecule has 2 heterocycles. The van der Waals surface area contributed by atoms with Gasteiger partial charge in [-0.1, -0.05) is 41.9 Å². The molecule has 31 heavy (non-hydrogen) atoms. The highest BCUT2D eigenvalue weighted by Crippen LogP contribution is 2.45. The number of aromatic nitrogens is 3. The van der Waals surface area contributed by atoms with E-state index in [2.05, 4.69) is 45.8 Å². The van der Waals surface area contributed by atoms with E-state index in [9.17, 15) is 0 Å². The number of nitrogens with zero attached hydrogens (tertiary/aromatic N) is 3. The van der Waals surface area contributed by atoms with E-state index >= 15 is 0 Å². The second kappa shape index (κ2) is 7.43. The highest BCUT2D eigenvalue weighted by Gasteiger charge is 2.46. The van der Waals surface area contributed by atoms with Crippen LogP contribution in [0.3, 0.4) is 0 Å². The number of rotatable bonds is 7. The van der Waals surface area contributed by atoms with Crippen LogP contribution < -0.4 is 10.1 Å². The van der Waals surface area contributed by atoms with Gasteiger partial charge in [-0.2, -0.15) is 4.98 Å². The molecule has 2 aromatic carbocycles. The Bertz CT molecular complexity index is 1210. The van der Waals surface area contributed by atoms with Gasteiger partial charge < -0.3 is 14.6 Å². The first-order valence-electron chi connectivity index (χ1n) is 10.8. The summed E-state index contributed by atoms with van der Waals surface area (Å²) in [5.74, 6) is 2.77. The smallest absolute Gasteiger partial charge is 0.286 e. The van der Waals surface area contributed by atoms with Gasteiger partial charge in [0.25, 0.3) is 5.89 Å². The van der Waals surface area contributed by atoms with Gasteiger partial charge in [-0.25, -0.2) is 4.98 Å². The number of benzene rings is 2. The minimum atomic E-state index is -0.0223. The van der Waals surface area contributed by atoms with E-state index in [0.717, 1.165) is 46.2 Å². The second-order valence-corrected chi connectivity index (χ2v) is 9.68. The highest BCUT2D eigenvalue weighted by molar-refractivity contribution is 7.21. The van der Waals surface area contributed by atoms with Crippen LogP contribution in [0.25, 0.3) is 21.1 Å². The lowest BCUT2D eigenvalue weighted by Gasteiger charge is -2.39. The fourth-order valence-corrected chi connectivity index (χ4v) is 5.46. The summed E-state index contributed by atoms with van der Waals surface area (Å²) in [6, 6.07) is 17.2. The number of nitrogens with one attached hydrogen (secondary N) is 1. The molecular formula is C24H24N4O2S. The zero-order valence-corrected chi connectivity index (χ0v) is 18.2. The molecule has 0 spiro atoms. The lowest BCUT2D eigenvalue weighted by molar-refractivity contribution is 0.211. The average molecular weight is 433 g/mol. The molecule has 2 aliphatic rings. The van der Waals surface area contributed by atoms with Crippen molar-refractivity contribution in [2.24, 2.45) is 0 Å². The minimum absolute atomic E-state index is 0.0223. The quantitative estimate of drug-likeness (QED) is 0.447. The molecule has 158 valence electrons. The van der Waals surface area contributed by atoms with Gasteiger partial charge in [-0.3, -0.25) is 0 Å². The molecule has 2 aromatic heterocycles. The van der Waals surface area contributed by atoms with Crippen LogP contribution in [0.15, 0.2) is 53.1 Å². The SMILES string of the molecule is COc1ccc2nc(-c3nc(C4(CNC5CC5c5ccccc5)CCC4)no3)sc2c1. The largest absolute Gasteiger partial charge is 0.497 e. The molecule has 2 fully saturated rings. The third-order valence-electron chi connectivity index (χ3n) is 6.71. The van der Waals surface area contributed by atoms with Crippen LogP contribution in [-0.2, 0) is 5.41 Å². The van der Waals surface area contributed by atoms with Gasteiger partial charge >= 0.3 is 0 Å². The summed E-state index contributed by atoms with van der Waals surface area (Å²) in [4.78, 5) is 9.46. The van der Waals surface area contributed by atoms with E-state index in [1.807, 2.05) is 18.2 Å². The van der Waals surface area contributed by atoms with Gasteiger partial charge in [-0.05, 0) is 43.0 Å². The van der Waals surface area contributed by atoms with E-state index in [4.69, 9.17) is 14.2 Å². The van der Waals surface area contributed by atoms with Gasteiger partial charge in [0.05, 0.1) is 17.3 Å². The molecule has 4 aromatic rings. The first kappa shape index (κ1) is 19.0. The summed E-state index contributed by atoms with van der Waals surface area (Å²) in [5, 5.41) is 8.92. The van der Waals surface area contributed by atoms with E-state index in [-0.39, 0.29) is 5.41 Å². The van der Waals surface area contributed by atoms with Crippen LogP contribution >= 0.6 is 11.3 Å². The van der Waals surface area contributed by atoms with E-state index < -0.39 is 0 Å². The predicted molar refractivity (Wildman–Crippen MR) is 121 cm³/mol. The Kier molecular flexibility index (Phi) is 4.54. The van der Waals surface area contributed by atoms with Crippen molar-refractivity contribution >= 4 is 21.6 Å². The first-order valence-corrected chi connectivity index (χ1v) is 11.6. The summed E-state index contributed by atoms with van der Waals surface area (Å²) in [6.45, 7) is 0.900. The van der Waals surface area contributed by atoms with E-state index in [1.54, 1.807) is 18.4 Å². The summed E-state index contributed by atoms with van der Waals surface area (Å²) >= 11 is 1.55. The second-order valence-electron chi connectivity index (χ2n) is 8.65. The van der Waals surface area contributed by atoms with Crippen molar-refractivity contribution < 1.29 is 9.26 Å². The van der Waals surface area contributed by atoms with Crippen molar-refractivity contribution in [3.05, 3.63) is 59.9 Å². The summed E-state index contributed by atoms with van der Waals surface area (Å²) in [5.41, 5.74) is 2.32. The van der Waals surface area contributed by atoms with Gasteiger partial charge in [-0.15, -0.1) is 11.3 Å². The van der Waals surface area contributed by atoms with Crippen molar-refractivity contribution in [2.75, 3.05) is 13.7 Å². The Hall–Kier alpha value is -2.77. The van der Waals surface area contributed by atoms with Crippen LogP contribution in [0.1, 0.15) is 43.0 Å². The van der Waals surface area contributed by atoms with Crippen molar-refractivity contribution in [3.8, 4) is 16.6 Å². The number of fused-ring (bicyclic) bond motifs is 1. The molecule has 7 heteroatoms. The molecule has 0 saturated heterocycles. The molecule has 6 nitrogen and oxygen atoms in total. The molecular weight excluding hydrogens is 408 g/mol. The number of hydrogen-bond donors (Lipinski definition) is 1. The minimum Gasteiger partial charge on any atom is -0.497 e. The van der Waals surface area contributed by atoms with Crippen molar-refractivity contribution in [2.45, 2.75) is 43.1 Å². The molecule has 0 amide bonds. The molecule has 0 aliphatic heterocycles. The summed E-state index contributed by atoms with van der Waals surface area (Å²) < 4.78 is 12.0. The van der Waals surface area contributed by atoms with Crippen LogP contribution in [0, 0.1) is 0 Å². The molecule has 2 atom stereocenters. The van der Waals surface area contributed by atoms with Gasteiger partial charge in [0.15, 0.2) is 10.8 Å². The lowest BCUT2D eigenvalue weighted by atomic mass is 9.68. The highest BCUT2D eigenvalue weighted by atomic mass is 32.1. The number of ether oxygens (including phenoxy) is 1. The number of methoxy groups -OCH3 is 1.